The molecule has 0 radical (unpaired) electrons. The SMILES string of the molecule is CC(C)CC(CNC(C)(C)C)Cc1c(Cl)cccc1Cl. The van der Waals surface area contributed by atoms with E-state index in [1.807, 2.05) is 18.2 Å². The number of hydrogen-bond acceptors (Lipinski definition) is 1. The Hall–Kier alpha value is -0.240. The summed E-state index contributed by atoms with van der Waals surface area (Å²) in [5.74, 6) is 1.22. The van der Waals surface area contributed by atoms with Crippen LogP contribution in [0.3, 0.4) is 0 Å². The quantitative estimate of drug-likeness (QED) is 0.721. The lowest BCUT2D eigenvalue weighted by molar-refractivity contribution is 0.331. The second kappa shape index (κ2) is 7.68. The van der Waals surface area contributed by atoms with Gasteiger partial charge in [0.2, 0.25) is 0 Å². The molecule has 0 saturated heterocycles. The van der Waals surface area contributed by atoms with Gasteiger partial charge in [-0.1, -0.05) is 43.1 Å². The van der Waals surface area contributed by atoms with Crippen molar-refractivity contribution in [3.8, 4) is 0 Å². The highest BCUT2D eigenvalue weighted by Gasteiger charge is 2.18. The monoisotopic (exact) mass is 315 g/mol. The predicted molar refractivity (Wildman–Crippen MR) is 90.9 cm³/mol. The van der Waals surface area contributed by atoms with Crippen LogP contribution < -0.4 is 5.32 Å². The van der Waals surface area contributed by atoms with Crippen molar-refractivity contribution in [3.05, 3.63) is 33.8 Å². The molecule has 1 rings (SSSR count). The van der Waals surface area contributed by atoms with E-state index in [0.717, 1.165) is 28.6 Å². The molecular formula is C17H27Cl2N. The highest BCUT2D eigenvalue weighted by atomic mass is 35.5. The van der Waals surface area contributed by atoms with E-state index in [-0.39, 0.29) is 5.54 Å². The maximum atomic E-state index is 6.30. The Labute approximate surface area is 134 Å². The topological polar surface area (TPSA) is 12.0 Å². The number of rotatable bonds is 6. The van der Waals surface area contributed by atoms with E-state index in [1.54, 1.807) is 0 Å². The first-order valence-electron chi connectivity index (χ1n) is 7.37. The Morgan fingerprint density at radius 3 is 2.10 bits per heavy atom. The van der Waals surface area contributed by atoms with Gasteiger partial charge in [0.15, 0.2) is 0 Å². The van der Waals surface area contributed by atoms with Crippen LogP contribution in [-0.4, -0.2) is 12.1 Å². The van der Waals surface area contributed by atoms with Crippen molar-refractivity contribution < 1.29 is 0 Å². The molecule has 0 aliphatic carbocycles. The number of nitrogens with one attached hydrogen (secondary N) is 1. The maximum absolute atomic E-state index is 6.30. The number of benzene rings is 1. The van der Waals surface area contributed by atoms with Crippen molar-refractivity contribution in [1.82, 2.24) is 5.32 Å². The van der Waals surface area contributed by atoms with Crippen LogP contribution in [0.5, 0.6) is 0 Å². The van der Waals surface area contributed by atoms with Crippen molar-refractivity contribution in [3.63, 3.8) is 0 Å². The van der Waals surface area contributed by atoms with Crippen molar-refractivity contribution in [2.24, 2.45) is 11.8 Å². The fourth-order valence-corrected chi connectivity index (χ4v) is 2.92. The van der Waals surface area contributed by atoms with Crippen molar-refractivity contribution >= 4 is 23.2 Å². The Bertz CT molecular complexity index is 401. The molecule has 1 atom stereocenters. The zero-order valence-electron chi connectivity index (χ0n) is 13.3. The molecule has 0 heterocycles. The molecule has 1 nitrogen and oxygen atoms in total. The molecule has 0 aliphatic heterocycles. The van der Waals surface area contributed by atoms with Crippen LogP contribution in [0.15, 0.2) is 18.2 Å². The van der Waals surface area contributed by atoms with E-state index < -0.39 is 0 Å². The van der Waals surface area contributed by atoms with Gasteiger partial charge in [-0.25, -0.2) is 0 Å². The third-order valence-corrected chi connectivity index (χ3v) is 3.99. The Morgan fingerprint density at radius 1 is 1.10 bits per heavy atom. The molecule has 1 aromatic rings. The first kappa shape index (κ1) is 17.8. The molecule has 20 heavy (non-hydrogen) atoms. The fourth-order valence-electron chi connectivity index (χ4n) is 2.37. The van der Waals surface area contributed by atoms with E-state index in [2.05, 4.69) is 39.9 Å². The Morgan fingerprint density at radius 2 is 1.65 bits per heavy atom. The normalized spacial score (nSPS) is 13.8. The van der Waals surface area contributed by atoms with Crippen molar-refractivity contribution in [1.29, 1.82) is 0 Å². The summed E-state index contributed by atoms with van der Waals surface area (Å²) in [5.41, 5.74) is 1.22. The minimum atomic E-state index is 0.138. The number of hydrogen-bond donors (Lipinski definition) is 1. The summed E-state index contributed by atoms with van der Waals surface area (Å²) in [6, 6.07) is 5.75. The Balaban J connectivity index is 2.78. The largest absolute Gasteiger partial charge is 0.312 e. The minimum Gasteiger partial charge on any atom is -0.312 e. The predicted octanol–water partition coefficient (Wildman–Crippen LogP) is 5.59. The van der Waals surface area contributed by atoms with E-state index in [0.29, 0.717) is 11.8 Å². The third-order valence-electron chi connectivity index (χ3n) is 3.28. The van der Waals surface area contributed by atoms with Gasteiger partial charge in [0, 0.05) is 15.6 Å². The summed E-state index contributed by atoms with van der Waals surface area (Å²) in [5, 5.41) is 5.16. The molecule has 0 fully saturated rings. The molecule has 114 valence electrons. The molecule has 0 amide bonds. The van der Waals surface area contributed by atoms with Crippen LogP contribution in [0, 0.1) is 11.8 Å². The first-order valence-corrected chi connectivity index (χ1v) is 8.12. The molecule has 1 unspecified atom stereocenters. The van der Waals surface area contributed by atoms with Crippen LogP contribution in [-0.2, 0) is 6.42 Å². The van der Waals surface area contributed by atoms with Gasteiger partial charge < -0.3 is 5.32 Å². The molecule has 1 aromatic carbocycles. The second-order valence-electron chi connectivity index (χ2n) is 7.03. The van der Waals surface area contributed by atoms with Gasteiger partial charge in [-0.3, -0.25) is 0 Å². The number of halogens is 2. The summed E-state index contributed by atoms with van der Waals surface area (Å²) >= 11 is 12.6. The first-order chi connectivity index (χ1) is 9.19. The van der Waals surface area contributed by atoms with Gasteiger partial charge >= 0.3 is 0 Å². The molecule has 0 bridgehead atoms. The lowest BCUT2D eigenvalue weighted by atomic mass is 9.90. The van der Waals surface area contributed by atoms with E-state index in [1.165, 1.54) is 6.42 Å². The third kappa shape index (κ3) is 6.47. The van der Waals surface area contributed by atoms with Gasteiger partial charge in [-0.2, -0.15) is 0 Å². The summed E-state index contributed by atoms with van der Waals surface area (Å²) in [6.45, 7) is 12.1. The summed E-state index contributed by atoms with van der Waals surface area (Å²) in [6.07, 6.45) is 2.10. The summed E-state index contributed by atoms with van der Waals surface area (Å²) in [7, 11) is 0. The summed E-state index contributed by atoms with van der Waals surface area (Å²) < 4.78 is 0. The standard InChI is InChI=1S/C17H27Cl2N/c1-12(2)9-13(11-20-17(3,4)5)10-14-15(18)7-6-8-16(14)19/h6-8,12-13,20H,9-11H2,1-5H3. The molecule has 3 heteroatoms. The molecule has 0 saturated carbocycles. The molecular weight excluding hydrogens is 289 g/mol. The summed E-state index contributed by atoms with van der Waals surface area (Å²) in [4.78, 5) is 0. The van der Waals surface area contributed by atoms with Gasteiger partial charge in [-0.05, 0) is 69.7 Å². The Kier molecular flexibility index (Phi) is 6.84. The van der Waals surface area contributed by atoms with Gasteiger partial charge in [0.25, 0.3) is 0 Å². The fraction of sp³-hybridized carbons (Fsp3) is 0.647. The van der Waals surface area contributed by atoms with Gasteiger partial charge in [-0.15, -0.1) is 0 Å². The maximum Gasteiger partial charge on any atom is 0.0452 e. The highest BCUT2D eigenvalue weighted by Crippen LogP contribution is 2.28. The average molecular weight is 316 g/mol. The molecule has 1 N–H and O–H groups in total. The van der Waals surface area contributed by atoms with Gasteiger partial charge in [0.1, 0.15) is 0 Å². The minimum absolute atomic E-state index is 0.138. The van der Waals surface area contributed by atoms with Gasteiger partial charge in [0.05, 0.1) is 0 Å². The van der Waals surface area contributed by atoms with E-state index >= 15 is 0 Å². The van der Waals surface area contributed by atoms with Crippen LogP contribution in [0.25, 0.3) is 0 Å². The highest BCUT2D eigenvalue weighted by molar-refractivity contribution is 6.35. The smallest absolute Gasteiger partial charge is 0.0452 e. The van der Waals surface area contributed by atoms with Crippen molar-refractivity contribution in [2.75, 3.05) is 6.54 Å². The zero-order valence-corrected chi connectivity index (χ0v) is 14.8. The lowest BCUT2D eigenvalue weighted by Crippen LogP contribution is -2.39. The molecule has 0 aliphatic rings. The lowest BCUT2D eigenvalue weighted by Gasteiger charge is -2.27. The van der Waals surface area contributed by atoms with Crippen LogP contribution in [0.2, 0.25) is 10.0 Å². The van der Waals surface area contributed by atoms with E-state index in [9.17, 15) is 0 Å². The van der Waals surface area contributed by atoms with Crippen LogP contribution in [0.4, 0.5) is 0 Å². The second-order valence-corrected chi connectivity index (χ2v) is 7.85. The van der Waals surface area contributed by atoms with Crippen molar-refractivity contribution in [2.45, 2.75) is 53.0 Å². The molecule has 0 aromatic heterocycles. The zero-order chi connectivity index (χ0) is 15.3. The average Bonchev–Trinajstić information content (AvgIpc) is 2.29. The molecule has 0 spiro atoms. The van der Waals surface area contributed by atoms with Crippen LogP contribution in [0.1, 0.15) is 46.6 Å². The van der Waals surface area contributed by atoms with E-state index in [4.69, 9.17) is 23.2 Å². The van der Waals surface area contributed by atoms with Crippen LogP contribution >= 0.6 is 23.2 Å².